The van der Waals surface area contributed by atoms with Crippen LogP contribution in [0.25, 0.3) is 0 Å². The van der Waals surface area contributed by atoms with Crippen molar-refractivity contribution in [3.63, 3.8) is 0 Å². The highest BCUT2D eigenvalue weighted by atomic mass is 32.2. The standard InChI is InChI=1S/C14H15NO4S/c15-14(13(18)19)6-8(9-10(11(9)14)12(16)17)20-7-4-2-1-3-5-7/h1-5,8-11H,6,15H2,(H,16,17)(H,18,19)/t8-,9-,10-,11+,14-/m0/s1. The van der Waals surface area contributed by atoms with E-state index in [1.54, 1.807) is 0 Å². The molecular formula is C14H15NO4S. The number of fused-ring (bicyclic) bond motifs is 1. The molecule has 0 radical (unpaired) electrons. The Kier molecular flexibility index (Phi) is 3.02. The minimum Gasteiger partial charge on any atom is -0.481 e. The van der Waals surface area contributed by atoms with Gasteiger partial charge in [0.1, 0.15) is 5.54 Å². The number of hydrogen-bond donors (Lipinski definition) is 3. The Bertz CT molecular complexity index is 564. The van der Waals surface area contributed by atoms with E-state index >= 15 is 0 Å². The van der Waals surface area contributed by atoms with Crippen molar-refractivity contribution in [2.24, 2.45) is 23.5 Å². The number of carboxylic acid groups (broad SMARTS) is 2. The second-order valence-corrected chi connectivity index (χ2v) is 6.80. The summed E-state index contributed by atoms with van der Waals surface area (Å²) in [5, 5.41) is 18.5. The van der Waals surface area contributed by atoms with Gasteiger partial charge in [-0.1, -0.05) is 18.2 Å². The molecule has 5 atom stereocenters. The molecule has 4 N–H and O–H groups in total. The van der Waals surface area contributed by atoms with Gasteiger partial charge in [0.05, 0.1) is 5.92 Å². The third kappa shape index (κ3) is 1.91. The quantitative estimate of drug-likeness (QED) is 0.773. The number of nitrogens with two attached hydrogens (primary N) is 1. The Morgan fingerprint density at radius 1 is 1.25 bits per heavy atom. The molecule has 106 valence electrons. The second kappa shape index (κ2) is 4.49. The summed E-state index contributed by atoms with van der Waals surface area (Å²) in [4.78, 5) is 23.6. The highest BCUT2D eigenvalue weighted by Crippen LogP contribution is 2.65. The van der Waals surface area contributed by atoms with Gasteiger partial charge in [-0.25, -0.2) is 0 Å². The largest absolute Gasteiger partial charge is 0.481 e. The van der Waals surface area contributed by atoms with Gasteiger partial charge in [-0.2, -0.15) is 0 Å². The van der Waals surface area contributed by atoms with Crippen LogP contribution in [0.3, 0.4) is 0 Å². The van der Waals surface area contributed by atoms with Crippen LogP contribution in [0.4, 0.5) is 0 Å². The first-order valence-electron chi connectivity index (χ1n) is 6.42. The van der Waals surface area contributed by atoms with Crippen molar-refractivity contribution >= 4 is 23.7 Å². The first-order chi connectivity index (χ1) is 9.45. The van der Waals surface area contributed by atoms with Gasteiger partial charge < -0.3 is 15.9 Å². The van der Waals surface area contributed by atoms with Crippen LogP contribution in [-0.2, 0) is 9.59 Å². The maximum atomic E-state index is 11.4. The van der Waals surface area contributed by atoms with Crippen LogP contribution >= 0.6 is 11.8 Å². The lowest BCUT2D eigenvalue weighted by Crippen LogP contribution is -2.50. The van der Waals surface area contributed by atoms with E-state index in [0.29, 0.717) is 6.42 Å². The highest BCUT2D eigenvalue weighted by molar-refractivity contribution is 8.00. The summed E-state index contributed by atoms with van der Waals surface area (Å²) in [7, 11) is 0. The molecule has 2 aliphatic rings. The molecule has 20 heavy (non-hydrogen) atoms. The van der Waals surface area contributed by atoms with Crippen LogP contribution in [0, 0.1) is 17.8 Å². The molecule has 0 bridgehead atoms. The van der Waals surface area contributed by atoms with Crippen LogP contribution in [0.2, 0.25) is 0 Å². The van der Waals surface area contributed by atoms with Gasteiger partial charge in [0.15, 0.2) is 0 Å². The fraction of sp³-hybridized carbons (Fsp3) is 0.429. The van der Waals surface area contributed by atoms with Crippen molar-refractivity contribution in [3.8, 4) is 0 Å². The molecule has 0 unspecified atom stereocenters. The Morgan fingerprint density at radius 3 is 2.45 bits per heavy atom. The maximum Gasteiger partial charge on any atom is 0.324 e. The predicted molar refractivity (Wildman–Crippen MR) is 73.4 cm³/mol. The molecule has 1 aromatic carbocycles. The third-order valence-corrected chi connectivity index (χ3v) is 5.68. The average molecular weight is 293 g/mol. The average Bonchev–Trinajstić information content (AvgIpc) is 3.08. The SMILES string of the molecule is N[C@@]1(C(=O)O)C[C@H](Sc2ccccc2)[C@H]2[C@H](C(=O)O)[C@@H]21. The molecular weight excluding hydrogens is 278 g/mol. The van der Waals surface area contributed by atoms with E-state index in [-0.39, 0.29) is 11.2 Å². The molecule has 0 spiro atoms. The van der Waals surface area contributed by atoms with E-state index < -0.39 is 29.3 Å². The molecule has 3 rings (SSSR count). The Labute approximate surface area is 120 Å². The maximum absolute atomic E-state index is 11.4. The summed E-state index contributed by atoms with van der Waals surface area (Å²) < 4.78 is 0. The van der Waals surface area contributed by atoms with Gasteiger partial charge in [-0.3, -0.25) is 9.59 Å². The van der Waals surface area contributed by atoms with Gasteiger partial charge in [0.25, 0.3) is 0 Å². The zero-order valence-corrected chi connectivity index (χ0v) is 11.4. The van der Waals surface area contributed by atoms with E-state index in [2.05, 4.69) is 0 Å². The van der Waals surface area contributed by atoms with Gasteiger partial charge in [0.2, 0.25) is 0 Å². The topological polar surface area (TPSA) is 101 Å². The molecule has 0 heterocycles. The van der Waals surface area contributed by atoms with Crippen molar-refractivity contribution < 1.29 is 19.8 Å². The third-order valence-electron chi connectivity index (χ3n) is 4.35. The van der Waals surface area contributed by atoms with Gasteiger partial charge in [0, 0.05) is 16.1 Å². The van der Waals surface area contributed by atoms with Crippen molar-refractivity contribution in [2.75, 3.05) is 0 Å². The number of benzene rings is 1. The minimum atomic E-state index is -1.40. The van der Waals surface area contributed by atoms with E-state index in [0.717, 1.165) is 4.90 Å². The second-order valence-electron chi connectivity index (χ2n) is 5.49. The van der Waals surface area contributed by atoms with Crippen molar-refractivity contribution in [1.82, 2.24) is 0 Å². The Morgan fingerprint density at radius 2 is 1.90 bits per heavy atom. The fourth-order valence-electron chi connectivity index (χ4n) is 3.41. The van der Waals surface area contributed by atoms with Crippen molar-refractivity contribution in [2.45, 2.75) is 22.1 Å². The number of carboxylic acids is 2. The zero-order chi connectivity index (χ0) is 14.5. The number of aliphatic carboxylic acids is 2. The first kappa shape index (κ1) is 13.5. The zero-order valence-electron chi connectivity index (χ0n) is 10.6. The molecule has 2 saturated carbocycles. The number of rotatable bonds is 4. The van der Waals surface area contributed by atoms with E-state index in [1.165, 1.54) is 11.8 Å². The predicted octanol–water partition coefficient (Wildman–Crippen LogP) is 1.28. The van der Waals surface area contributed by atoms with Crippen LogP contribution in [0.5, 0.6) is 0 Å². The lowest BCUT2D eigenvalue weighted by atomic mass is 9.91. The van der Waals surface area contributed by atoms with E-state index in [1.807, 2.05) is 30.3 Å². The van der Waals surface area contributed by atoms with Gasteiger partial charge >= 0.3 is 11.9 Å². The Hall–Kier alpha value is -1.53. The molecule has 6 heteroatoms. The molecule has 1 aromatic rings. The molecule has 5 nitrogen and oxygen atoms in total. The number of carbonyl (C=O) groups is 2. The van der Waals surface area contributed by atoms with Crippen LogP contribution in [-0.4, -0.2) is 32.9 Å². The molecule has 2 aliphatic carbocycles. The van der Waals surface area contributed by atoms with Gasteiger partial charge in [-0.05, 0) is 24.5 Å². The van der Waals surface area contributed by atoms with E-state index in [9.17, 15) is 19.8 Å². The van der Waals surface area contributed by atoms with Crippen molar-refractivity contribution in [1.29, 1.82) is 0 Å². The summed E-state index contributed by atoms with van der Waals surface area (Å²) in [6, 6.07) is 9.60. The summed E-state index contributed by atoms with van der Waals surface area (Å²) in [5.41, 5.74) is 4.58. The molecule has 0 aliphatic heterocycles. The first-order valence-corrected chi connectivity index (χ1v) is 7.30. The van der Waals surface area contributed by atoms with Gasteiger partial charge in [-0.15, -0.1) is 11.8 Å². The number of thioether (sulfide) groups is 1. The van der Waals surface area contributed by atoms with Crippen LogP contribution in [0.15, 0.2) is 35.2 Å². The summed E-state index contributed by atoms with van der Waals surface area (Å²) in [6.45, 7) is 0. The fourth-order valence-corrected chi connectivity index (χ4v) is 4.93. The Balaban J connectivity index is 1.83. The smallest absolute Gasteiger partial charge is 0.324 e. The summed E-state index contributed by atoms with van der Waals surface area (Å²) in [5.74, 6) is -3.23. The van der Waals surface area contributed by atoms with Crippen LogP contribution in [0.1, 0.15) is 6.42 Å². The normalized spacial score (nSPS) is 38.2. The molecule has 0 amide bonds. The minimum absolute atomic E-state index is 0.0513. The lowest BCUT2D eigenvalue weighted by Gasteiger charge is -2.24. The molecule has 0 saturated heterocycles. The number of hydrogen-bond acceptors (Lipinski definition) is 4. The van der Waals surface area contributed by atoms with Crippen LogP contribution < -0.4 is 5.73 Å². The molecule has 0 aromatic heterocycles. The van der Waals surface area contributed by atoms with E-state index in [4.69, 9.17) is 5.73 Å². The summed E-state index contributed by atoms with van der Waals surface area (Å²) in [6.07, 6.45) is 0.320. The lowest BCUT2D eigenvalue weighted by molar-refractivity contribution is -0.145. The monoisotopic (exact) mass is 293 g/mol. The summed E-state index contributed by atoms with van der Waals surface area (Å²) >= 11 is 1.54. The van der Waals surface area contributed by atoms with Crippen molar-refractivity contribution in [3.05, 3.63) is 30.3 Å². The molecule has 2 fully saturated rings. The highest BCUT2D eigenvalue weighted by Gasteiger charge is 2.73.